The third-order valence-corrected chi connectivity index (χ3v) is 1.98. The van der Waals surface area contributed by atoms with Crippen LogP contribution in [0.25, 0.3) is 0 Å². The maximum Gasteiger partial charge on any atom is 0.321 e. The van der Waals surface area contributed by atoms with Crippen molar-refractivity contribution in [1.82, 2.24) is 0 Å². The molecular weight excluding hydrogens is 254 g/mol. The second-order valence-corrected chi connectivity index (χ2v) is 3.36. The van der Waals surface area contributed by atoms with Crippen LogP contribution in [-0.2, 0) is 9.59 Å². The van der Waals surface area contributed by atoms with Crippen LogP contribution < -0.4 is 5.73 Å². The molecule has 0 saturated heterocycles. The highest BCUT2D eigenvalue weighted by Gasteiger charge is 2.22. The Morgan fingerprint density at radius 2 is 1.82 bits per heavy atom. The molecule has 17 heavy (non-hydrogen) atoms. The molecule has 0 aromatic rings. The molecule has 0 aromatic carbocycles. The van der Waals surface area contributed by atoms with Crippen molar-refractivity contribution in [2.24, 2.45) is 5.73 Å². The van der Waals surface area contributed by atoms with E-state index in [2.05, 4.69) is 12.6 Å². The normalized spacial score (nSPS) is 17.1. The lowest BCUT2D eigenvalue weighted by Gasteiger charge is -2.16. The molecule has 0 bridgehead atoms. The molecular formula is C8H17NO7S. The minimum Gasteiger partial charge on any atom is -0.480 e. The number of hydrogen-bond acceptors (Lipinski definition) is 8. The number of rotatable bonds is 6. The molecule has 0 rings (SSSR count). The number of thiol groups is 1. The van der Waals surface area contributed by atoms with Crippen LogP contribution in [0, 0.1) is 0 Å². The molecule has 4 atom stereocenters. The highest BCUT2D eigenvalue weighted by atomic mass is 32.1. The van der Waals surface area contributed by atoms with Gasteiger partial charge in [0.15, 0.2) is 6.29 Å². The number of carboxylic acids is 1. The summed E-state index contributed by atoms with van der Waals surface area (Å²) in [5.74, 6) is -0.815. The van der Waals surface area contributed by atoms with E-state index in [1.165, 1.54) is 0 Å². The summed E-state index contributed by atoms with van der Waals surface area (Å²) in [6.45, 7) is -0.688. The fourth-order valence-corrected chi connectivity index (χ4v) is 0.650. The Balaban J connectivity index is 0. The number of carbonyl (C=O) groups excluding carboxylic acids is 1. The van der Waals surface area contributed by atoms with E-state index in [1.807, 2.05) is 0 Å². The molecule has 0 aliphatic carbocycles. The second-order valence-electron chi connectivity index (χ2n) is 2.99. The van der Waals surface area contributed by atoms with Crippen LogP contribution in [0.1, 0.15) is 0 Å². The molecule has 9 heteroatoms. The molecule has 0 heterocycles. The monoisotopic (exact) mass is 271 g/mol. The Labute approximate surface area is 103 Å². The molecule has 7 N–H and O–H groups in total. The molecule has 0 fully saturated rings. The first-order chi connectivity index (χ1) is 7.81. The minimum absolute atomic E-state index is 0.0869. The van der Waals surface area contributed by atoms with Crippen LogP contribution in [0.4, 0.5) is 0 Å². The summed E-state index contributed by atoms with van der Waals surface area (Å²) in [6.07, 6.45) is -4.63. The first-order valence-corrected chi connectivity index (χ1v) is 5.14. The van der Waals surface area contributed by atoms with Crippen LogP contribution in [0.2, 0.25) is 0 Å². The lowest BCUT2D eigenvalue weighted by molar-refractivity contribution is -0.137. The van der Waals surface area contributed by atoms with Crippen LogP contribution in [0.5, 0.6) is 0 Å². The third-order valence-electron chi connectivity index (χ3n) is 1.58. The van der Waals surface area contributed by atoms with E-state index >= 15 is 0 Å². The fourth-order valence-electron chi connectivity index (χ4n) is 0.494. The lowest BCUT2D eigenvalue weighted by atomic mass is 10.1. The summed E-state index contributed by atoms with van der Waals surface area (Å²) in [7, 11) is 0. The van der Waals surface area contributed by atoms with E-state index in [1.54, 1.807) is 0 Å². The zero-order valence-corrected chi connectivity index (χ0v) is 9.77. The highest BCUT2D eigenvalue weighted by Crippen LogP contribution is 1.96. The maximum atomic E-state index is 9.76. The van der Waals surface area contributed by atoms with E-state index in [-0.39, 0.29) is 12.0 Å². The number of nitrogens with two attached hydrogens (primary N) is 1. The van der Waals surface area contributed by atoms with E-state index in [0.29, 0.717) is 0 Å². The van der Waals surface area contributed by atoms with Gasteiger partial charge < -0.3 is 36.1 Å². The van der Waals surface area contributed by atoms with Gasteiger partial charge in [-0.15, -0.1) is 0 Å². The Hall–Kier alpha value is -0.710. The van der Waals surface area contributed by atoms with Gasteiger partial charge in [0.1, 0.15) is 24.4 Å². The average molecular weight is 271 g/mol. The van der Waals surface area contributed by atoms with Crippen molar-refractivity contribution in [3.8, 4) is 0 Å². The molecule has 4 unspecified atom stereocenters. The standard InChI is InChI=1S/C5H10O5.C3H7NO2S/c6-1-3(8)5(10)4(9)2-7;4-2(1-7)3(5)6/h1,3-5,7-10H,2H2;2,7H,1,4H2,(H,5,6). The van der Waals surface area contributed by atoms with Gasteiger partial charge >= 0.3 is 5.97 Å². The maximum absolute atomic E-state index is 9.76. The minimum atomic E-state index is -1.64. The van der Waals surface area contributed by atoms with Crippen LogP contribution in [0.3, 0.4) is 0 Å². The molecule has 0 saturated carbocycles. The van der Waals surface area contributed by atoms with Gasteiger partial charge in [-0.2, -0.15) is 12.6 Å². The van der Waals surface area contributed by atoms with Crippen molar-refractivity contribution >= 4 is 24.9 Å². The van der Waals surface area contributed by atoms with Crippen molar-refractivity contribution in [3.05, 3.63) is 0 Å². The number of aliphatic carboxylic acids is 1. The van der Waals surface area contributed by atoms with Crippen molar-refractivity contribution < 1.29 is 35.1 Å². The number of aliphatic hydroxyl groups excluding tert-OH is 4. The van der Waals surface area contributed by atoms with Crippen LogP contribution >= 0.6 is 12.6 Å². The first-order valence-electron chi connectivity index (χ1n) is 4.51. The van der Waals surface area contributed by atoms with Crippen molar-refractivity contribution in [2.45, 2.75) is 24.4 Å². The summed E-state index contributed by atoms with van der Waals surface area (Å²) in [5.41, 5.74) is 4.94. The quantitative estimate of drug-likeness (QED) is 0.194. The summed E-state index contributed by atoms with van der Waals surface area (Å²) in [5, 5.41) is 42.1. The summed E-state index contributed by atoms with van der Waals surface area (Å²) < 4.78 is 0. The molecule has 0 aromatic heterocycles. The number of aliphatic hydroxyl groups is 4. The molecule has 0 amide bonds. The van der Waals surface area contributed by atoms with E-state index in [0.717, 1.165) is 0 Å². The molecule has 0 aliphatic rings. The Morgan fingerprint density at radius 1 is 1.35 bits per heavy atom. The third kappa shape index (κ3) is 9.03. The van der Waals surface area contributed by atoms with Crippen LogP contribution in [-0.4, -0.2) is 74.5 Å². The van der Waals surface area contributed by atoms with Crippen LogP contribution in [0.15, 0.2) is 0 Å². The molecule has 102 valence electrons. The van der Waals surface area contributed by atoms with Gasteiger partial charge in [-0.1, -0.05) is 0 Å². The topological polar surface area (TPSA) is 161 Å². The molecule has 0 aliphatic heterocycles. The summed E-state index contributed by atoms with van der Waals surface area (Å²) in [4.78, 5) is 19.5. The van der Waals surface area contributed by atoms with Gasteiger partial charge in [0.25, 0.3) is 0 Å². The summed E-state index contributed by atoms with van der Waals surface area (Å²) >= 11 is 3.65. The first kappa shape index (κ1) is 18.6. The average Bonchev–Trinajstić information content (AvgIpc) is 2.35. The van der Waals surface area contributed by atoms with Gasteiger partial charge in [-0.25, -0.2) is 0 Å². The highest BCUT2D eigenvalue weighted by molar-refractivity contribution is 7.80. The Kier molecular flexibility index (Phi) is 11.5. The van der Waals surface area contributed by atoms with Crippen molar-refractivity contribution in [3.63, 3.8) is 0 Å². The molecule has 8 nitrogen and oxygen atoms in total. The molecule has 0 spiro atoms. The van der Waals surface area contributed by atoms with Gasteiger partial charge in [-0.3, -0.25) is 4.79 Å². The predicted octanol–water partition coefficient (Wildman–Crippen LogP) is -3.41. The van der Waals surface area contributed by atoms with Gasteiger partial charge in [0.2, 0.25) is 0 Å². The fraction of sp³-hybridized carbons (Fsp3) is 0.750. The van der Waals surface area contributed by atoms with E-state index in [9.17, 15) is 9.59 Å². The second kappa shape index (κ2) is 10.4. The number of carboxylic acid groups (broad SMARTS) is 1. The largest absolute Gasteiger partial charge is 0.480 e. The summed E-state index contributed by atoms with van der Waals surface area (Å²) in [6, 6.07) is -0.816. The number of hydrogen-bond donors (Lipinski definition) is 7. The molecule has 0 radical (unpaired) electrons. The van der Waals surface area contributed by atoms with E-state index in [4.69, 9.17) is 31.3 Å². The Morgan fingerprint density at radius 3 is 2.00 bits per heavy atom. The smallest absolute Gasteiger partial charge is 0.321 e. The van der Waals surface area contributed by atoms with Crippen molar-refractivity contribution in [1.29, 1.82) is 0 Å². The SMILES string of the molecule is NC(CS)C(=O)O.O=CC(O)C(O)C(O)CO. The number of aldehydes is 1. The van der Waals surface area contributed by atoms with Gasteiger partial charge in [0, 0.05) is 5.75 Å². The van der Waals surface area contributed by atoms with Gasteiger partial charge in [-0.05, 0) is 0 Å². The Bertz CT molecular complexity index is 228. The van der Waals surface area contributed by atoms with Crippen molar-refractivity contribution in [2.75, 3.05) is 12.4 Å². The zero-order chi connectivity index (χ0) is 14.0. The predicted molar refractivity (Wildman–Crippen MR) is 60.6 cm³/mol. The zero-order valence-electron chi connectivity index (χ0n) is 8.88. The number of carbonyl (C=O) groups is 2. The van der Waals surface area contributed by atoms with Gasteiger partial charge in [0.05, 0.1) is 6.61 Å². The lowest BCUT2D eigenvalue weighted by Crippen LogP contribution is -2.40. The van der Waals surface area contributed by atoms with E-state index < -0.39 is 36.9 Å².